The molecule has 0 saturated carbocycles. The van der Waals surface area contributed by atoms with E-state index in [1.165, 1.54) is 102 Å². The van der Waals surface area contributed by atoms with E-state index in [2.05, 4.69) is 44.2 Å². The average Bonchev–Trinajstić information content (AvgIpc) is 2.62. The van der Waals surface area contributed by atoms with Crippen LogP contribution in [0, 0.1) is 0 Å². The fraction of sp³-hybridized carbons (Fsp3) is 0.750. The zero-order valence-electron chi connectivity index (χ0n) is 16.6. The molecule has 0 aromatic heterocycles. The van der Waals surface area contributed by atoms with Crippen molar-refractivity contribution >= 4 is 0 Å². The molecular weight excluding hydrogens is 288 g/mol. The Hall–Kier alpha value is -0.780. The molecule has 0 amide bonds. The van der Waals surface area contributed by atoms with E-state index < -0.39 is 0 Å². The first kappa shape index (κ1) is 21.3. The molecule has 0 heteroatoms. The third-order valence-corrected chi connectivity index (χ3v) is 5.36. The molecule has 138 valence electrons. The van der Waals surface area contributed by atoms with Gasteiger partial charge in [-0.1, -0.05) is 134 Å². The van der Waals surface area contributed by atoms with Crippen LogP contribution >= 0.6 is 0 Å². The average molecular weight is 331 g/mol. The smallest absolute Gasteiger partial charge is 0.0190 e. The van der Waals surface area contributed by atoms with Gasteiger partial charge in [0.25, 0.3) is 0 Å². The van der Waals surface area contributed by atoms with E-state index in [9.17, 15) is 0 Å². The van der Waals surface area contributed by atoms with Crippen LogP contribution in [0.1, 0.15) is 122 Å². The van der Waals surface area contributed by atoms with Gasteiger partial charge in [-0.2, -0.15) is 0 Å². The maximum Gasteiger partial charge on any atom is -0.0190 e. The summed E-state index contributed by atoms with van der Waals surface area (Å²) in [4.78, 5) is 0. The van der Waals surface area contributed by atoms with E-state index in [1.54, 1.807) is 0 Å². The lowest BCUT2D eigenvalue weighted by atomic mass is 9.95. The van der Waals surface area contributed by atoms with Gasteiger partial charge in [0.15, 0.2) is 0 Å². The van der Waals surface area contributed by atoms with Crippen LogP contribution < -0.4 is 0 Å². The topological polar surface area (TPSA) is 0 Å². The van der Waals surface area contributed by atoms with Gasteiger partial charge in [0.2, 0.25) is 0 Å². The zero-order chi connectivity index (χ0) is 17.3. The largest absolute Gasteiger partial charge is 0.0654 e. The minimum Gasteiger partial charge on any atom is -0.0654 e. The summed E-state index contributed by atoms with van der Waals surface area (Å²) in [5, 5.41) is 0. The second kappa shape index (κ2) is 15.7. The van der Waals surface area contributed by atoms with Gasteiger partial charge in [-0.05, 0) is 17.9 Å². The molecule has 0 fully saturated rings. The maximum atomic E-state index is 2.37. The summed E-state index contributed by atoms with van der Waals surface area (Å²) in [6.07, 6.45) is 21.6. The second-order valence-corrected chi connectivity index (χ2v) is 7.70. The van der Waals surface area contributed by atoms with E-state index in [1.807, 2.05) is 0 Å². The summed E-state index contributed by atoms with van der Waals surface area (Å²) in [7, 11) is 0. The lowest BCUT2D eigenvalue weighted by Gasteiger charge is -2.11. The highest BCUT2D eigenvalue weighted by Crippen LogP contribution is 2.22. The van der Waals surface area contributed by atoms with Crippen molar-refractivity contribution < 1.29 is 0 Å². The van der Waals surface area contributed by atoms with Crippen molar-refractivity contribution in [2.75, 3.05) is 0 Å². The van der Waals surface area contributed by atoms with Crippen LogP contribution in [0.3, 0.4) is 0 Å². The molecule has 1 aromatic rings. The Kier molecular flexibility index (Phi) is 13.9. The number of rotatable bonds is 16. The van der Waals surface area contributed by atoms with E-state index in [0.29, 0.717) is 0 Å². The summed E-state index contributed by atoms with van der Waals surface area (Å²) in [5.74, 6) is 0.725. The van der Waals surface area contributed by atoms with Crippen molar-refractivity contribution in [2.24, 2.45) is 0 Å². The van der Waals surface area contributed by atoms with Crippen molar-refractivity contribution in [1.82, 2.24) is 0 Å². The normalized spacial score (nSPS) is 12.4. The molecule has 0 aliphatic heterocycles. The Morgan fingerprint density at radius 1 is 0.583 bits per heavy atom. The Balaban J connectivity index is 1.79. The molecule has 0 saturated heterocycles. The van der Waals surface area contributed by atoms with Gasteiger partial charge < -0.3 is 0 Å². The van der Waals surface area contributed by atoms with Gasteiger partial charge in [0.05, 0.1) is 0 Å². The monoisotopic (exact) mass is 330 g/mol. The fourth-order valence-electron chi connectivity index (χ4n) is 3.59. The SMILES string of the molecule is CCCCCCCCCCCCCCCCC(C)c1ccccc1. The molecule has 1 aromatic carbocycles. The molecule has 0 bridgehead atoms. The molecular formula is C24H42. The van der Waals surface area contributed by atoms with Gasteiger partial charge in [-0.3, -0.25) is 0 Å². The number of hydrogen-bond acceptors (Lipinski definition) is 0. The predicted octanol–water partition coefficient (Wildman–Crippen LogP) is 8.66. The summed E-state index contributed by atoms with van der Waals surface area (Å²) in [6.45, 7) is 4.67. The fourth-order valence-corrected chi connectivity index (χ4v) is 3.59. The Labute approximate surface area is 152 Å². The van der Waals surface area contributed by atoms with E-state index in [4.69, 9.17) is 0 Å². The summed E-state index contributed by atoms with van der Waals surface area (Å²) in [6, 6.07) is 11.0. The number of unbranched alkanes of at least 4 members (excludes halogenated alkanes) is 13. The van der Waals surface area contributed by atoms with Gasteiger partial charge in [0.1, 0.15) is 0 Å². The van der Waals surface area contributed by atoms with Gasteiger partial charge in [0, 0.05) is 0 Å². The van der Waals surface area contributed by atoms with Crippen LogP contribution in [-0.2, 0) is 0 Å². The first-order valence-corrected chi connectivity index (χ1v) is 10.9. The second-order valence-electron chi connectivity index (χ2n) is 7.70. The van der Waals surface area contributed by atoms with Crippen molar-refractivity contribution in [1.29, 1.82) is 0 Å². The first-order valence-electron chi connectivity index (χ1n) is 10.9. The Morgan fingerprint density at radius 3 is 1.46 bits per heavy atom. The Bertz CT molecular complexity index is 354. The first-order chi connectivity index (χ1) is 11.8. The molecule has 0 radical (unpaired) electrons. The van der Waals surface area contributed by atoms with E-state index >= 15 is 0 Å². The summed E-state index contributed by atoms with van der Waals surface area (Å²) >= 11 is 0. The van der Waals surface area contributed by atoms with Gasteiger partial charge >= 0.3 is 0 Å². The van der Waals surface area contributed by atoms with Crippen molar-refractivity contribution in [3.05, 3.63) is 35.9 Å². The minimum atomic E-state index is 0.725. The zero-order valence-corrected chi connectivity index (χ0v) is 16.6. The molecule has 0 aliphatic carbocycles. The van der Waals surface area contributed by atoms with E-state index in [0.717, 1.165) is 5.92 Å². The van der Waals surface area contributed by atoms with Crippen molar-refractivity contribution in [3.8, 4) is 0 Å². The highest BCUT2D eigenvalue weighted by atomic mass is 14.1. The molecule has 0 nitrogen and oxygen atoms in total. The molecule has 0 N–H and O–H groups in total. The molecule has 24 heavy (non-hydrogen) atoms. The summed E-state index contributed by atoms with van der Waals surface area (Å²) < 4.78 is 0. The molecule has 0 aliphatic rings. The molecule has 0 spiro atoms. The van der Waals surface area contributed by atoms with Crippen LogP contribution in [0.2, 0.25) is 0 Å². The Morgan fingerprint density at radius 2 is 1.00 bits per heavy atom. The van der Waals surface area contributed by atoms with Crippen LogP contribution in [0.15, 0.2) is 30.3 Å². The quantitative estimate of drug-likeness (QED) is 0.266. The van der Waals surface area contributed by atoms with Gasteiger partial charge in [-0.25, -0.2) is 0 Å². The standard InChI is InChI=1S/C24H42/c1-3-4-5-6-7-8-9-10-11-12-13-14-15-17-20-23(2)24-21-18-16-19-22-24/h16,18-19,21-23H,3-15,17,20H2,1-2H3. The summed E-state index contributed by atoms with van der Waals surface area (Å²) in [5.41, 5.74) is 1.51. The van der Waals surface area contributed by atoms with Crippen LogP contribution in [-0.4, -0.2) is 0 Å². The predicted molar refractivity (Wildman–Crippen MR) is 110 cm³/mol. The highest BCUT2D eigenvalue weighted by molar-refractivity contribution is 5.18. The van der Waals surface area contributed by atoms with Crippen molar-refractivity contribution in [3.63, 3.8) is 0 Å². The number of benzene rings is 1. The van der Waals surface area contributed by atoms with E-state index in [-0.39, 0.29) is 0 Å². The molecule has 0 heterocycles. The third-order valence-electron chi connectivity index (χ3n) is 5.36. The lowest BCUT2D eigenvalue weighted by molar-refractivity contribution is 0.524. The highest BCUT2D eigenvalue weighted by Gasteiger charge is 2.03. The van der Waals surface area contributed by atoms with Crippen LogP contribution in [0.5, 0.6) is 0 Å². The minimum absolute atomic E-state index is 0.725. The molecule has 1 unspecified atom stereocenters. The third kappa shape index (κ3) is 11.7. The van der Waals surface area contributed by atoms with Gasteiger partial charge in [-0.15, -0.1) is 0 Å². The van der Waals surface area contributed by atoms with Crippen LogP contribution in [0.25, 0.3) is 0 Å². The molecule has 1 rings (SSSR count). The van der Waals surface area contributed by atoms with Crippen LogP contribution in [0.4, 0.5) is 0 Å². The number of hydrogen-bond donors (Lipinski definition) is 0. The van der Waals surface area contributed by atoms with Crippen molar-refractivity contribution in [2.45, 2.75) is 116 Å². The maximum absolute atomic E-state index is 2.37. The lowest BCUT2D eigenvalue weighted by Crippen LogP contribution is -1.93. The molecule has 1 atom stereocenters.